The van der Waals surface area contributed by atoms with Crippen LogP contribution in [-0.2, 0) is 11.2 Å². The van der Waals surface area contributed by atoms with Crippen LogP contribution in [0.3, 0.4) is 0 Å². The molecule has 0 aliphatic heterocycles. The molecule has 0 saturated heterocycles. The lowest BCUT2D eigenvalue weighted by atomic mass is 10.1. The number of nitriles is 1. The summed E-state index contributed by atoms with van der Waals surface area (Å²) in [5.74, 6) is -0.487. The van der Waals surface area contributed by atoms with Crippen LogP contribution in [0.15, 0.2) is 24.3 Å². The van der Waals surface area contributed by atoms with E-state index in [0.717, 1.165) is 0 Å². The topological polar surface area (TPSA) is 52.9 Å². The Balaban J connectivity index is 1.83. The third kappa shape index (κ3) is 2.44. The first-order valence-corrected chi connectivity index (χ1v) is 5.61. The molecule has 1 aromatic rings. The van der Waals surface area contributed by atoms with E-state index < -0.39 is 5.41 Å². The van der Waals surface area contributed by atoms with E-state index in [2.05, 4.69) is 5.32 Å². The molecule has 1 saturated carbocycles. The SMILES string of the molecule is N#CC1(C(=O)NCCc2ccccc2F)CC1. The van der Waals surface area contributed by atoms with Crippen molar-refractivity contribution >= 4 is 5.91 Å². The predicted octanol–water partition coefficient (Wildman–Crippen LogP) is 1.79. The standard InChI is InChI=1S/C13H13FN2O/c14-11-4-2-1-3-10(11)5-8-16-12(17)13(9-15)6-7-13/h1-4H,5-8H2,(H,16,17). The second-order valence-corrected chi connectivity index (χ2v) is 4.29. The third-order valence-electron chi connectivity index (χ3n) is 3.04. The van der Waals surface area contributed by atoms with Gasteiger partial charge in [0, 0.05) is 6.54 Å². The number of benzene rings is 1. The van der Waals surface area contributed by atoms with Crippen LogP contribution in [-0.4, -0.2) is 12.5 Å². The molecule has 1 fully saturated rings. The Hall–Kier alpha value is -1.89. The minimum Gasteiger partial charge on any atom is -0.354 e. The summed E-state index contributed by atoms with van der Waals surface area (Å²) in [6.45, 7) is 0.364. The van der Waals surface area contributed by atoms with E-state index in [1.54, 1.807) is 18.2 Å². The molecule has 0 bridgehead atoms. The first kappa shape index (κ1) is 11.6. The second-order valence-electron chi connectivity index (χ2n) is 4.29. The lowest BCUT2D eigenvalue weighted by Gasteiger charge is -2.08. The van der Waals surface area contributed by atoms with Crippen LogP contribution in [0.2, 0.25) is 0 Å². The fourth-order valence-electron chi connectivity index (χ4n) is 1.70. The number of hydrogen-bond acceptors (Lipinski definition) is 2. The molecule has 0 heterocycles. The van der Waals surface area contributed by atoms with Crippen molar-refractivity contribution in [1.29, 1.82) is 5.26 Å². The van der Waals surface area contributed by atoms with Crippen LogP contribution in [0.1, 0.15) is 18.4 Å². The molecule has 88 valence electrons. The molecule has 0 spiro atoms. The van der Waals surface area contributed by atoms with Crippen molar-refractivity contribution in [3.8, 4) is 6.07 Å². The fraction of sp³-hybridized carbons (Fsp3) is 0.385. The molecular formula is C13H13FN2O. The van der Waals surface area contributed by atoms with E-state index in [0.29, 0.717) is 31.4 Å². The van der Waals surface area contributed by atoms with Gasteiger partial charge in [-0.3, -0.25) is 4.79 Å². The lowest BCUT2D eigenvalue weighted by Crippen LogP contribution is -2.32. The molecule has 0 atom stereocenters. The molecule has 0 radical (unpaired) electrons. The molecule has 2 rings (SSSR count). The highest BCUT2D eigenvalue weighted by Crippen LogP contribution is 2.44. The van der Waals surface area contributed by atoms with Crippen LogP contribution in [0.25, 0.3) is 0 Å². The van der Waals surface area contributed by atoms with Gasteiger partial charge in [-0.15, -0.1) is 0 Å². The van der Waals surface area contributed by atoms with Crippen LogP contribution >= 0.6 is 0 Å². The molecular weight excluding hydrogens is 219 g/mol. The van der Waals surface area contributed by atoms with Crippen LogP contribution in [0.5, 0.6) is 0 Å². The van der Waals surface area contributed by atoms with Gasteiger partial charge in [0.2, 0.25) is 5.91 Å². The molecule has 1 amide bonds. The first-order chi connectivity index (χ1) is 8.18. The normalized spacial score (nSPS) is 16.0. The van der Waals surface area contributed by atoms with E-state index in [4.69, 9.17) is 5.26 Å². The van der Waals surface area contributed by atoms with Crippen molar-refractivity contribution in [3.05, 3.63) is 35.6 Å². The quantitative estimate of drug-likeness (QED) is 0.860. The molecule has 17 heavy (non-hydrogen) atoms. The number of nitrogens with zero attached hydrogens (tertiary/aromatic N) is 1. The van der Waals surface area contributed by atoms with Gasteiger partial charge in [-0.2, -0.15) is 5.26 Å². The predicted molar refractivity (Wildman–Crippen MR) is 60.4 cm³/mol. The Labute approximate surface area is 99.2 Å². The number of nitrogens with one attached hydrogen (secondary N) is 1. The average molecular weight is 232 g/mol. The highest BCUT2D eigenvalue weighted by Gasteiger charge is 2.50. The summed E-state index contributed by atoms with van der Waals surface area (Å²) in [6, 6.07) is 8.51. The summed E-state index contributed by atoms with van der Waals surface area (Å²) in [7, 11) is 0. The Bertz CT molecular complexity index is 475. The molecule has 1 N–H and O–H groups in total. The number of halogens is 1. The summed E-state index contributed by atoms with van der Waals surface area (Å²) >= 11 is 0. The zero-order valence-corrected chi connectivity index (χ0v) is 9.37. The number of carbonyl (C=O) groups is 1. The average Bonchev–Trinajstić information content (AvgIpc) is 3.12. The van der Waals surface area contributed by atoms with Crippen molar-refractivity contribution in [1.82, 2.24) is 5.32 Å². The van der Waals surface area contributed by atoms with Gasteiger partial charge in [-0.1, -0.05) is 18.2 Å². The van der Waals surface area contributed by atoms with Crippen molar-refractivity contribution in [2.24, 2.45) is 5.41 Å². The Morgan fingerprint density at radius 1 is 1.47 bits per heavy atom. The summed E-state index contributed by atoms with van der Waals surface area (Å²) in [4.78, 5) is 11.6. The maximum absolute atomic E-state index is 13.3. The zero-order valence-electron chi connectivity index (χ0n) is 9.37. The summed E-state index contributed by atoms with van der Waals surface area (Å²) in [5.41, 5.74) is -0.218. The van der Waals surface area contributed by atoms with Gasteiger partial charge in [0.15, 0.2) is 0 Å². The molecule has 0 aromatic heterocycles. The Kier molecular flexibility index (Phi) is 3.10. The third-order valence-corrected chi connectivity index (χ3v) is 3.04. The summed E-state index contributed by atoms with van der Waals surface area (Å²) in [6.07, 6.45) is 1.71. The molecule has 1 aliphatic carbocycles. The van der Waals surface area contributed by atoms with Gasteiger partial charge in [0.05, 0.1) is 6.07 Å². The fourth-order valence-corrected chi connectivity index (χ4v) is 1.70. The van der Waals surface area contributed by atoms with Gasteiger partial charge >= 0.3 is 0 Å². The summed E-state index contributed by atoms with van der Waals surface area (Å²) < 4.78 is 13.3. The highest BCUT2D eigenvalue weighted by molar-refractivity contribution is 5.88. The van der Waals surface area contributed by atoms with Crippen molar-refractivity contribution in [2.75, 3.05) is 6.54 Å². The number of amides is 1. The van der Waals surface area contributed by atoms with Crippen molar-refractivity contribution in [3.63, 3.8) is 0 Å². The summed E-state index contributed by atoms with van der Waals surface area (Å²) in [5, 5.41) is 11.5. The molecule has 0 unspecified atom stereocenters. The monoisotopic (exact) mass is 232 g/mol. The van der Waals surface area contributed by atoms with Gasteiger partial charge in [0.25, 0.3) is 0 Å². The molecule has 1 aliphatic rings. The number of rotatable bonds is 4. The van der Waals surface area contributed by atoms with E-state index in [-0.39, 0.29) is 11.7 Å². The minimum absolute atomic E-state index is 0.226. The van der Waals surface area contributed by atoms with Crippen molar-refractivity contribution in [2.45, 2.75) is 19.3 Å². The van der Waals surface area contributed by atoms with Gasteiger partial charge in [-0.05, 0) is 30.9 Å². The molecule has 3 nitrogen and oxygen atoms in total. The first-order valence-electron chi connectivity index (χ1n) is 5.61. The maximum atomic E-state index is 13.3. The van der Waals surface area contributed by atoms with E-state index in [9.17, 15) is 9.18 Å². The largest absolute Gasteiger partial charge is 0.354 e. The van der Waals surface area contributed by atoms with Crippen LogP contribution in [0, 0.1) is 22.6 Å². The molecule has 1 aromatic carbocycles. The van der Waals surface area contributed by atoms with Gasteiger partial charge < -0.3 is 5.32 Å². The smallest absolute Gasteiger partial charge is 0.240 e. The Morgan fingerprint density at radius 3 is 2.76 bits per heavy atom. The van der Waals surface area contributed by atoms with Gasteiger partial charge in [-0.25, -0.2) is 4.39 Å². The van der Waals surface area contributed by atoms with E-state index >= 15 is 0 Å². The van der Waals surface area contributed by atoms with Crippen LogP contribution < -0.4 is 5.32 Å². The zero-order chi connectivity index (χ0) is 12.3. The molecule has 4 heteroatoms. The Morgan fingerprint density at radius 2 is 2.18 bits per heavy atom. The minimum atomic E-state index is -0.796. The number of hydrogen-bond donors (Lipinski definition) is 1. The number of carbonyl (C=O) groups excluding carboxylic acids is 1. The van der Waals surface area contributed by atoms with Crippen molar-refractivity contribution < 1.29 is 9.18 Å². The van der Waals surface area contributed by atoms with E-state index in [1.807, 2.05) is 6.07 Å². The second kappa shape index (κ2) is 4.54. The van der Waals surface area contributed by atoms with Crippen LogP contribution in [0.4, 0.5) is 4.39 Å². The van der Waals surface area contributed by atoms with Gasteiger partial charge in [0.1, 0.15) is 11.2 Å². The maximum Gasteiger partial charge on any atom is 0.240 e. The highest BCUT2D eigenvalue weighted by atomic mass is 19.1. The lowest BCUT2D eigenvalue weighted by molar-refractivity contribution is -0.124. The van der Waals surface area contributed by atoms with E-state index in [1.165, 1.54) is 6.07 Å².